The molecule has 0 bridgehead atoms. The summed E-state index contributed by atoms with van der Waals surface area (Å²) in [5.74, 6) is 2.09. The lowest BCUT2D eigenvalue weighted by Crippen LogP contribution is -2.32. The van der Waals surface area contributed by atoms with Gasteiger partial charge < -0.3 is 9.47 Å². The van der Waals surface area contributed by atoms with Crippen LogP contribution < -0.4 is 0 Å². The van der Waals surface area contributed by atoms with Crippen molar-refractivity contribution < 1.29 is 0 Å². The van der Waals surface area contributed by atoms with Gasteiger partial charge in [0, 0.05) is 12.7 Å². The summed E-state index contributed by atoms with van der Waals surface area (Å²) in [5, 5.41) is 0. The maximum Gasteiger partial charge on any atom is 0.160 e. The van der Waals surface area contributed by atoms with Crippen molar-refractivity contribution in [2.45, 2.75) is 25.3 Å². The Hall–Kier alpha value is -1.13. The molecule has 1 aliphatic heterocycles. The highest BCUT2D eigenvalue weighted by molar-refractivity contribution is 6.16. The van der Waals surface area contributed by atoms with Crippen molar-refractivity contribution in [2.75, 3.05) is 20.1 Å². The Balaban J connectivity index is 1.87. The molecule has 1 fully saturated rings. The lowest BCUT2D eigenvalue weighted by atomic mass is 9.97. The number of likely N-dealkylation sites (tertiary alicyclic amines) is 1. The van der Waals surface area contributed by atoms with E-state index in [4.69, 9.17) is 11.6 Å². The number of nitrogens with zero attached hydrogens (tertiary/aromatic N) is 4. The van der Waals surface area contributed by atoms with E-state index >= 15 is 0 Å². The van der Waals surface area contributed by atoms with Crippen LogP contribution in [0.1, 0.15) is 18.7 Å². The first-order valence-corrected chi connectivity index (χ1v) is 7.36. The average molecular weight is 279 g/mol. The van der Waals surface area contributed by atoms with Crippen LogP contribution >= 0.6 is 11.6 Å². The van der Waals surface area contributed by atoms with E-state index < -0.39 is 0 Å². The Labute approximate surface area is 118 Å². The monoisotopic (exact) mass is 278 g/mol. The third-order valence-electron chi connectivity index (χ3n) is 3.98. The fourth-order valence-electron chi connectivity index (χ4n) is 2.80. The highest BCUT2D eigenvalue weighted by Crippen LogP contribution is 2.22. The Morgan fingerprint density at radius 2 is 2.16 bits per heavy atom. The van der Waals surface area contributed by atoms with Crippen molar-refractivity contribution in [3.63, 3.8) is 0 Å². The van der Waals surface area contributed by atoms with Gasteiger partial charge in [-0.05, 0) is 51.0 Å². The summed E-state index contributed by atoms with van der Waals surface area (Å²) in [6.07, 6.45) is 4.31. The normalized spacial score (nSPS) is 18.2. The van der Waals surface area contributed by atoms with Crippen LogP contribution in [0.4, 0.5) is 0 Å². The van der Waals surface area contributed by atoms with Gasteiger partial charge in [-0.25, -0.2) is 9.97 Å². The third-order valence-corrected chi connectivity index (χ3v) is 4.22. The molecule has 1 aliphatic rings. The molecule has 1 saturated heterocycles. The van der Waals surface area contributed by atoms with Crippen LogP contribution in [-0.2, 0) is 12.4 Å². The molecule has 0 spiro atoms. The van der Waals surface area contributed by atoms with Gasteiger partial charge in [0.1, 0.15) is 11.3 Å². The van der Waals surface area contributed by atoms with Gasteiger partial charge in [-0.1, -0.05) is 0 Å². The van der Waals surface area contributed by atoms with Crippen molar-refractivity contribution in [1.29, 1.82) is 0 Å². The predicted molar refractivity (Wildman–Crippen MR) is 77.3 cm³/mol. The van der Waals surface area contributed by atoms with E-state index in [-0.39, 0.29) is 0 Å². The van der Waals surface area contributed by atoms with Crippen LogP contribution in [0.25, 0.3) is 11.2 Å². The lowest BCUT2D eigenvalue weighted by Gasteiger charge is -2.29. The van der Waals surface area contributed by atoms with Crippen molar-refractivity contribution in [3.8, 4) is 0 Å². The minimum atomic E-state index is 0.447. The summed E-state index contributed by atoms with van der Waals surface area (Å²) in [7, 11) is 2.19. The summed E-state index contributed by atoms with van der Waals surface area (Å²) in [5.41, 5.74) is 1.92. The van der Waals surface area contributed by atoms with Crippen molar-refractivity contribution >= 4 is 22.8 Å². The molecule has 0 aliphatic carbocycles. The average Bonchev–Trinajstić information content (AvgIpc) is 2.79. The van der Waals surface area contributed by atoms with E-state index in [0.717, 1.165) is 23.5 Å². The quantitative estimate of drug-likeness (QED) is 0.809. The number of hydrogen-bond donors (Lipinski definition) is 0. The minimum absolute atomic E-state index is 0.447. The Bertz CT molecular complexity index is 558. The second kappa shape index (κ2) is 5.47. The molecule has 3 heterocycles. The van der Waals surface area contributed by atoms with E-state index in [2.05, 4.69) is 26.5 Å². The highest BCUT2D eigenvalue weighted by Gasteiger charge is 2.20. The minimum Gasteiger partial charge on any atom is -0.311 e. The number of hydrogen-bond acceptors (Lipinski definition) is 3. The van der Waals surface area contributed by atoms with Gasteiger partial charge in [-0.2, -0.15) is 0 Å². The zero-order chi connectivity index (χ0) is 13.2. The topological polar surface area (TPSA) is 34.0 Å². The number of aromatic nitrogens is 3. The van der Waals surface area contributed by atoms with Gasteiger partial charge in [-0.15, -0.1) is 11.6 Å². The molecule has 0 aromatic carbocycles. The largest absolute Gasteiger partial charge is 0.311 e. The highest BCUT2D eigenvalue weighted by atomic mass is 35.5. The maximum absolute atomic E-state index is 6.03. The number of imidazole rings is 1. The number of piperidine rings is 1. The Kier molecular flexibility index (Phi) is 3.71. The second-order valence-corrected chi connectivity index (χ2v) is 5.63. The van der Waals surface area contributed by atoms with Crippen molar-refractivity contribution in [2.24, 2.45) is 5.92 Å². The molecule has 0 amide bonds. The molecule has 5 heteroatoms. The molecule has 4 nitrogen and oxygen atoms in total. The summed E-state index contributed by atoms with van der Waals surface area (Å²) in [6.45, 7) is 3.35. The van der Waals surface area contributed by atoms with Crippen LogP contribution in [0.5, 0.6) is 0 Å². The number of halogens is 1. The first-order valence-electron chi connectivity index (χ1n) is 6.82. The van der Waals surface area contributed by atoms with Gasteiger partial charge in [0.05, 0.1) is 5.88 Å². The first-order chi connectivity index (χ1) is 9.28. The lowest BCUT2D eigenvalue weighted by molar-refractivity contribution is 0.205. The standard InChI is InChI=1S/C14H19ClN4/c1-18-7-4-11(5-8-18)10-19-13(9-15)17-12-3-2-6-16-14(12)19/h2-3,6,11H,4-5,7-10H2,1H3. The van der Waals surface area contributed by atoms with Gasteiger partial charge in [-0.3, -0.25) is 0 Å². The fraction of sp³-hybridized carbons (Fsp3) is 0.571. The zero-order valence-electron chi connectivity index (χ0n) is 11.2. The number of alkyl halides is 1. The summed E-state index contributed by atoms with van der Waals surface area (Å²) in [4.78, 5) is 11.4. The van der Waals surface area contributed by atoms with E-state index in [0.29, 0.717) is 11.8 Å². The summed E-state index contributed by atoms with van der Waals surface area (Å²) >= 11 is 6.03. The SMILES string of the molecule is CN1CCC(Cn2c(CCl)nc3cccnc32)CC1. The van der Waals surface area contributed by atoms with Crippen LogP contribution in [0.2, 0.25) is 0 Å². The number of fused-ring (bicyclic) bond motifs is 1. The summed E-state index contributed by atoms with van der Waals surface area (Å²) < 4.78 is 2.21. The third kappa shape index (κ3) is 2.60. The molecule has 0 atom stereocenters. The van der Waals surface area contributed by atoms with Gasteiger partial charge >= 0.3 is 0 Å². The fourth-order valence-corrected chi connectivity index (χ4v) is 3.01. The van der Waals surface area contributed by atoms with Crippen LogP contribution in [0.15, 0.2) is 18.3 Å². The van der Waals surface area contributed by atoms with Gasteiger partial charge in [0.15, 0.2) is 5.65 Å². The number of pyridine rings is 1. The first kappa shape index (κ1) is 12.9. The molecule has 102 valence electrons. The molecule has 0 radical (unpaired) electrons. The molecular formula is C14H19ClN4. The molecule has 3 rings (SSSR count). The van der Waals surface area contributed by atoms with E-state index in [1.165, 1.54) is 25.9 Å². The molecule has 19 heavy (non-hydrogen) atoms. The Morgan fingerprint density at radius 1 is 1.37 bits per heavy atom. The smallest absolute Gasteiger partial charge is 0.160 e. The van der Waals surface area contributed by atoms with Crippen molar-refractivity contribution in [1.82, 2.24) is 19.4 Å². The number of rotatable bonds is 3. The Morgan fingerprint density at radius 3 is 2.89 bits per heavy atom. The predicted octanol–water partition coefficient (Wildman–Crippen LogP) is 2.51. The molecule has 0 saturated carbocycles. The molecule has 2 aromatic rings. The van der Waals surface area contributed by atoms with Gasteiger partial charge in [0.25, 0.3) is 0 Å². The molecule has 0 unspecified atom stereocenters. The molecule has 0 N–H and O–H groups in total. The van der Waals surface area contributed by atoms with Crippen LogP contribution in [0, 0.1) is 5.92 Å². The van der Waals surface area contributed by atoms with E-state index in [1.54, 1.807) is 0 Å². The van der Waals surface area contributed by atoms with Crippen molar-refractivity contribution in [3.05, 3.63) is 24.2 Å². The van der Waals surface area contributed by atoms with Crippen LogP contribution in [-0.4, -0.2) is 39.6 Å². The zero-order valence-corrected chi connectivity index (χ0v) is 12.0. The van der Waals surface area contributed by atoms with Crippen LogP contribution in [0.3, 0.4) is 0 Å². The molecular weight excluding hydrogens is 260 g/mol. The molecule has 2 aromatic heterocycles. The van der Waals surface area contributed by atoms with Gasteiger partial charge in [0.2, 0.25) is 0 Å². The summed E-state index contributed by atoms with van der Waals surface area (Å²) in [6, 6.07) is 3.93. The second-order valence-electron chi connectivity index (χ2n) is 5.37. The van der Waals surface area contributed by atoms with E-state index in [1.807, 2.05) is 18.3 Å². The van der Waals surface area contributed by atoms with E-state index in [9.17, 15) is 0 Å². The maximum atomic E-state index is 6.03.